The van der Waals surface area contributed by atoms with Crippen LogP contribution in [0, 0.1) is 6.92 Å². The summed E-state index contributed by atoms with van der Waals surface area (Å²) >= 11 is 3.28. The SMILES string of the molecule is C=C(Br)COc1c(C)cccc1CCN. The highest BCUT2D eigenvalue weighted by molar-refractivity contribution is 9.11. The van der Waals surface area contributed by atoms with Gasteiger partial charge in [0.15, 0.2) is 0 Å². The molecule has 1 aromatic rings. The van der Waals surface area contributed by atoms with Crippen molar-refractivity contribution in [3.05, 3.63) is 40.4 Å². The maximum atomic E-state index is 5.68. The number of ether oxygens (including phenoxy) is 1. The van der Waals surface area contributed by atoms with Crippen LogP contribution in [0.3, 0.4) is 0 Å². The molecule has 0 aliphatic rings. The molecular formula is C12H16BrNO. The van der Waals surface area contributed by atoms with E-state index in [9.17, 15) is 0 Å². The molecule has 2 nitrogen and oxygen atoms in total. The van der Waals surface area contributed by atoms with Gasteiger partial charge in [0.05, 0.1) is 0 Å². The van der Waals surface area contributed by atoms with Crippen molar-refractivity contribution in [2.75, 3.05) is 13.2 Å². The van der Waals surface area contributed by atoms with Crippen LogP contribution in [0.1, 0.15) is 11.1 Å². The molecule has 0 bridgehead atoms. The van der Waals surface area contributed by atoms with E-state index in [1.54, 1.807) is 0 Å². The Balaban J connectivity index is 2.86. The number of halogens is 1. The molecule has 0 saturated carbocycles. The first kappa shape index (κ1) is 12.3. The first-order valence-corrected chi connectivity index (χ1v) is 5.69. The molecule has 0 aliphatic carbocycles. The zero-order valence-corrected chi connectivity index (χ0v) is 10.5. The molecule has 2 N–H and O–H groups in total. The molecule has 0 fully saturated rings. The Kier molecular flexibility index (Phi) is 4.85. The summed E-state index contributed by atoms with van der Waals surface area (Å²) in [5.74, 6) is 0.934. The summed E-state index contributed by atoms with van der Waals surface area (Å²) in [7, 11) is 0. The fourth-order valence-corrected chi connectivity index (χ4v) is 1.54. The van der Waals surface area contributed by atoms with Crippen molar-refractivity contribution in [3.63, 3.8) is 0 Å². The Bertz CT molecular complexity index is 349. The fraction of sp³-hybridized carbons (Fsp3) is 0.333. The monoisotopic (exact) mass is 269 g/mol. The van der Waals surface area contributed by atoms with Crippen LogP contribution in [0.5, 0.6) is 5.75 Å². The molecule has 3 heteroatoms. The molecule has 1 aromatic carbocycles. The average Bonchev–Trinajstić information content (AvgIpc) is 2.17. The maximum Gasteiger partial charge on any atom is 0.125 e. The van der Waals surface area contributed by atoms with Gasteiger partial charge in [-0.15, -0.1) is 0 Å². The van der Waals surface area contributed by atoms with Gasteiger partial charge < -0.3 is 10.5 Å². The van der Waals surface area contributed by atoms with Crippen molar-refractivity contribution in [2.45, 2.75) is 13.3 Å². The molecule has 0 saturated heterocycles. The number of aryl methyl sites for hydroxylation is 1. The van der Waals surface area contributed by atoms with Gasteiger partial charge in [-0.05, 0) is 31.0 Å². The van der Waals surface area contributed by atoms with Gasteiger partial charge in [-0.3, -0.25) is 0 Å². The number of rotatable bonds is 5. The molecule has 1 rings (SSSR count). The molecule has 0 unspecified atom stereocenters. The second-order valence-electron chi connectivity index (χ2n) is 3.41. The summed E-state index contributed by atoms with van der Waals surface area (Å²) in [6.45, 7) is 6.90. The first-order chi connectivity index (χ1) is 7.15. The molecule has 0 aliphatic heterocycles. The van der Waals surface area contributed by atoms with E-state index in [2.05, 4.69) is 22.5 Å². The van der Waals surface area contributed by atoms with Gasteiger partial charge in [-0.25, -0.2) is 0 Å². The van der Waals surface area contributed by atoms with Gasteiger partial charge in [0.2, 0.25) is 0 Å². The highest BCUT2D eigenvalue weighted by atomic mass is 79.9. The topological polar surface area (TPSA) is 35.2 Å². The van der Waals surface area contributed by atoms with Crippen LogP contribution >= 0.6 is 15.9 Å². The lowest BCUT2D eigenvalue weighted by Crippen LogP contribution is -2.07. The van der Waals surface area contributed by atoms with Crippen molar-refractivity contribution in [2.24, 2.45) is 5.73 Å². The van der Waals surface area contributed by atoms with Gasteiger partial charge in [-0.2, -0.15) is 0 Å². The number of hydrogen-bond acceptors (Lipinski definition) is 2. The molecule has 0 heterocycles. The maximum absolute atomic E-state index is 5.68. The largest absolute Gasteiger partial charge is 0.488 e. The molecule has 15 heavy (non-hydrogen) atoms. The highest BCUT2D eigenvalue weighted by Gasteiger charge is 2.06. The summed E-state index contributed by atoms with van der Waals surface area (Å²) in [5.41, 5.74) is 7.85. The van der Waals surface area contributed by atoms with Crippen LogP contribution in [0.15, 0.2) is 29.3 Å². The van der Waals surface area contributed by atoms with Gasteiger partial charge in [0.25, 0.3) is 0 Å². The molecular weight excluding hydrogens is 254 g/mol. The van der Waals surface area contributed by atoms with E-state index in [4.69, 9.17) is 10.5 Å². The number of hydrogen-bond donors (Lipinski definition) is 1. The Morgan fingerprint density at radius 2 is 2.27 bits per heavy atom. The van der Waals surface area contributed by atoms with Crippen LogP contribution in [0.4, 0.5) is 0 Å². The normalized spacial score (nSPS) is 10.1. The number of nitrogens with two attached hydrogens (primary N) is 1. The van der Waals surface area contributed by atoms with Crippen LogP contribution in [0.2, 0.25) is 0 Å². The summed E-state index contributed by atoms with van der Waals surface area (Å²) in [5, 5.41) is 0. The third-order valence-electron chi connectivity index (χ3n) is 2.08. The van der Waals surface area contributed by atoms with E-state index in [0.717, 1.165) is 27.8 Å². The summed E-state index contributed by atoms with van der Waals surface area (Å²) in [6.07, 6.45) is 0.839. The first-order valence-electron chi connectivity index (χ1n) is 4.89. The third kappa shape index (κ3) is 3.68. The molecule has 0 spiro atoms. The molecule has 0 atom stereocenters. The third-order valence-corrected chi connectivity index (χ3v) is 2.31. The second kappa shape index (κ2) is 5.93. The van der Waals surface area contributed by atoms with Crippen molar-refractivity contribution in [3.8, 4) is 5.75 Å². The van der Waals surface area contributed by atoms with Crippen LogP contribution in [0.25, 0.3) is 0 Å². The minimum atomic E-state index is 0.489. The van der Waals surface area contributed by atoms with E-state index in [0.29, 0.717) is 13.2 Å². The predicted octanol–water partition coefficient (Wildman–Crippen LogP) is 2.78. The summed E-state index contributed by atoms with van der Waals surface area (Å²) < 4.78 is 6.52. The van der Waals surface area contributed by atoms with E-state index in [1.165, 1.54) is 0 Å². The minimum Gasteiger partial charge on any atom is -0.488 e. The molecule has 0 radical (unpaired) electrons. The number of para-hydroxylation sites is 1. The lowest BCUT2D eigenvalue weighted by molar-refractivity contribution is 0.354. The minimum absolute atomic E-state index is 0.489. The van der Waals surface area contributed by atoms with Crippen LogP contribution < -0.4 is 10.5 Å². The summed E-state index contributed by atoms with van der Waals surface area (Å²) in [6, 6.07) is 6.11. The molecule has 0 aromatic heterocycles. The smallest absolute Gasteiger partial charge is 0.125 e. The highest BCUT2D eigenvalue weighted by Crippen LogP contribution is 2.24. The van der Waals surface area contributed by atoms with Crippen LogP contribution in [-0.4, -0.2) is 13.2 Å². The van der Waals surface area contributed by atoms with Crippen LogP contribution in [-0.2, 0) is 6.42 Å². The summed E-state index contributed by atoms with van der Waals surface area (Å²) in [4.78, 5) is 0. The van der Waals surface area contributed by atoms with Gasteiger partial charge in [-0.1, -0.05) is 40.7 Å². The Morgan fingerprint density at radius 3 is 2.87 bits per heavy atom. The zero-order valence-electron chi connectivity index (χ0n) is 8.92. The van der Waals surface area contributed by atoms with Crippen molar-refractivity contribution >= 4 is 15.9 Å². The van der Waals surface area contributed by atoms with Gasteiger partial charge in [0, 0.05) is 4.48 Å². The van der Waals surface area contributed by atoms with Crippen molar-refractivity contribution in [1.29, 1.82) is 0 Å². The average molecular weight is 270 g/mol. The van der Waals surface area contributed by atoms with E-state index >= 15 is 0 Å². The molecule has 0 amide bonds. The van der Waals surface area contributed by atoms with Crippen molar-refractivity contribution in [1.82, 2.24) is 0 Å². The quantitative estimate of drug-likeness (QED) is 0.892. The standard InChI is InChI=1S/C12H16BrNO/c1-9-4-3-5-11(6-7-14)12(9)15-8-10(2)13/h3-5H,2,6-8,14H2,1H3. The Hall–Kier alpha value is -0.800. The number of benzene rings is 1. The predicted molar refractivity (Wildman–Crippen MR) is 67.5 cm³/mol. The van der Waals surface area contributed by atoms with E-state index in [1.807, 2.05) is 25.1 Å². The van der Waals surface area contributed by atoms with Gasteiger partial charge in [0.1, 0.15) is 12.4 Å². The Morgan fingerprint density at radius 1 is 1.53 bits per heavy atom. The van der Waals surface area contributed by atoms with E-state index in [-0.39, 0.29) is 0 Å². The van der Waals surface area contributed by atoms with E-state index < -0.39 is 0 Å². The lowest BCUT2D eigenvalue weighted by Gasteiger charge is -2.13. The fourth-order valence-electron chi connectivity index (χ4n) is 1.42. The zero-order chi connectivity index (χ0) is 11.3. The second-order valence-corrected chi connectivity index (χ2v) is 4.53. The lowest BCUT2D eigenvalue weighted by atomic mass is 10.1. The van der Waals surface area contributed by atoms with Crippen molar-refractivity contribution < 1.29 is 4.74 Å². The molecule has 82 valence electrons. The Labute approximate surface area is 99.3 Å². The van der Waals surface area contributed by atoms with Gasteiger partial charge >= 0.3 is 0 Å².